The van der Waals surface area contributed by atoms with E-state index in [1.807, 2.05) is 23.6 Å². The van der Waals surface area contributed by atoms with Crippen molar-refractivity contribution >= 4 is 28.2 Å². The summed E-state index contributed by atoms with van der Waals surface area (Å²) in [7, 11) is 0. The van der Waals surface area contributed by atoms with Crippen molar-refractivity contribution in [3.05, 3.63) is 62.3 Å². The Bertz CT molecular complexity index is 1460. The fourth-order valence-corrected chi connectivity index (χ4v) is 5.46. The minimum atomic E-state index is -0.408. The molecule has 1 N–H and O–H groups in total. The van der Waals surface area contributed by atoms with Gasteiger partial charge in [0.2, 0.25) is 0 Å². The van der Waals surface area contributed by atoms with Crippen LogP contribution in [-0.4, -0.2) is 55.9 Å². The van der Waals surface area contributed by atoms with E-state index < -0.39 is 5.97 Å². The number of pyridine rings is 1. The molecule has 1 atom stereocenters. The number of hydrogen-bond acceptors (Lipinski definition) is 10. The SMILES string of the molecule is CCOC(=O)Cn1nnnc1[C@@H](C(C)C)N(Cc1cccs1)Cc1cc2cc3c(cc2[nH]c1=O)OCCO3. The zero-order chi connectivity index (χ0) is 26.6. The molecular formula is C26H30N6O5S. The summed E-state index contributed by atoms with van der Waals surface area (Å²) in [6, 6.07) is 9.38. The summed E-state index contributed by atoms with van der Waals surface area (Å²) in [5.41, 5.74) is 1.10. The summed E-state index contributed by atoms with van der Waals surface area (Å²) in [5.74, 6) is 1.49. The van der Waals surface area contributed by atoms with Gasteiger partial charge in [0.05, 0.1) is 18.2 Å². The molecule has 12 heteroatoms. The highest BCUT2D eigenvalue weighted by Crippen LogP contribution is 2.35. The summed E-state index contributed by atoms with van der Waals surface area (Å²) in [6.45, 7) is 7.97. The third-order valence-corrected chi connectivity index (χ3v) is 7.19. The van der Waals surface area contributed by atoms with Crippen molar-refractivity contribution in [1.29, 1.82) is 0 Å². The first-order chi connectivity index (χ1) is 18.4. The number of rotatable bonds is 10. The lowest BCUT2D eigenvalue weighted by molar-refractivity contribution is -0.144. The van der Waals surface area contributed by atoms with Gasteiger partial charge in [-0.1, -0.05) is 19.9 Å². The minimum absolute atomic E-state index is 0.0685. The molecule has 0 aliphatic carbocycles. The van der Waals surface area contributed by atoms with E-state index in [9.17, 15) is 9.59 Å². The van der Waals surface area contributed by atoms with E-state index in [-0.39, 0.29) is 30.7 Å². The van der Waals surface area contributed by atoms with Gasteiger partial charge in [-0.2, -0.15) is 0 Å². The van der Waals surface area contributed by atoms with Gasteiger partial charge in [-0.25, -0.2) is 4.68 Å². The van der Waals surface area contributed by atoms with E-state index in [4.69, 9.17) is 14.2 Å². The lowest BCUT2D eigenvalue weighted by Crippen LogP contribution is -2.35. The van der Waals surface area contributed by atoms with Crippen LogP contribution in [0.4, 0.5) is 0 Å². The molecular weight excluding hydrogens is 508 g/mol. The molecule has 11 nitrogen and oxygen atoms in total. The van der Waals surface area contributed by atoms with Crippen LogP contribution in [0.5, 0.6) is 11.5 Å². The van der Waals surface area contributed by atoms with Gasteiger partial charge in [-0.05, 0) is 46.8 Å². The molecule has 3 aromatic heterocycles. The van der Waals surface area contributed by atoms with Crippen LogP contribution in [0.15, 0.2) is 40.5 Å². The Balaban J connectivity index is 1.52. The molecule has 0 saturated heterocycles. The Hall–Kier alpha value is -3.77. The van der Waals surface area contributed by atoms with Crippen molar-refractivity contribution in [2.75, 3.05) is 19.8 Å². The summed E-state index contributed by atoms with van der Waals surface area (Å²) >= 11 is 1.64. The second-order valence-electron chi connectivity index (χ2n) is 9.38. The third kappa shape index (κ3) is 5.55. The number of fused-ring (bicyclic) bond motifs is 2. The molecule has 0 spiro atoms. The molecule has 0 saturated carbocycles. The number of ether oxygens (including phenoxy) is 3. The molecule has 1 aromatic carbocycles. The zero-order valence-corrected chi connectivity index (χ0v) is 22.4. The highest BCUT2D eigenvalue weighted by Gasteiger charge is 2.31. The molecule has 1 aliphatic rings. The lowest BCUT2D eigenvalue weighted by atomic mass is 10.00. The van der Waals surface area contributed by atoms with Crippen LogP contribution in [0, 0.1) is 5.92 Å². The number of thiophene rings is 1. The van der Waals surface area contributed by atoms with E-state index in [1.54, 1.807) is 24.3 Å². The van der Waals surface area contributed by atoms with Gasteiger partial charge in [-0.3, -0.25) is 14.5 Å². The highest BCUT2D eigenvalue weighted by atomic mass is 32.1. The standard InChI is InChI=1S/C26H30N6O5S/c1-4-35-23(33)15-32-25(28-29-30-32)24(16(2)3)31(14-19-6-5-9-38-19)13-18-10-17-11-21-22(37-8-7-36-21)12-20(17)27-26(18)34/h5-6,9-12,16,24H,4,7-8,13-15H2,1-3H3,(H,27,34)/t24-/m1/s1. The van der Waals surface area contributed by atoms with Crippen LogP contribution >= 0.6 is 11.3 Å². The number of H-pyrrole nitrogens is 1. The quantitative estimate of drug-likeness (QED) is 0.303. The Labute approximate surface area is 223 Å². The van der Waals surface area contributed by atoms with Gasteiger partial charge in [-0.15, -0.1) is 16.4 Å². The van der Waals surface area contributed by atoms with Gasteiger partial charge in [0.25, 0.3) is 5.56 Å². The van der Waals surface area contributed by atoms with E-state index >= 15 is 0 Å². The molecule has 4 aromatic rings. The van der Waals surface area contributed by atoms with Crippen LogP contribution in [0.25, 0.3) is 10.9 Å². The number of carbonyl (C=O) groups is 1. The van der Waals surface area contributed by atoms with Crippen molar-refractivity contribution in [3.63, 3.8) is 0 Å². The largest absolute Gasteiger partial charge is 0.486 e. The number of aromatic nitrogens is 5. The Morgan fingerprint density at radius 1 is 1.21 bits per heavy atom. The Morgan fingerprint density at radius 2 is 2.00 bits per heavy atom. The second-order valence-corrected chi connectivity index (χ2v) is 10.4. The molecule has 1 aliphatic heterocycles. The van der Waals surface area contributed by atoms with Crippen LogP contribution in [0.1, 0.15) is 43.1 Å². The monoisotopic (exact) mass is 538 g/mol. The molecule has 4 heterocycles. The minimum Gasteiger partial charge on any atom is -0.486 e. The van der Waals surface area contributed by atoms with Crippen LogP contribution < -0.4 is 15.0 Å². The van der Waals surface area contributed by atoms with Crippen molar-refractivity contribution in [1.82, 2.24) is 30.1 Å². The maximum Gasteiger partial charge on any atom is 0.327 e. The average molecular weight is 539 g/mol. The highest BCUT2D eigenvalue weighted by molar-refractivity contribution is 7.09. The Kier molecular flexibility index (Phi) is 7.70. The van der Waals surface area contributed by atoms with Gasteiger partial charge in [0, 0.05) is 35.0 Å². The van der Waals surface area contributed by atoms with Gasteiger partial charge >= 0.3 is 5.97 Å². The van der Waals surface area contributed by atoms with E-state index in [1.165, 1.54) is 4.68 Å². The van der Waals surface area contributed by atoms with Crippen molar-refractivity contribution < 1.29 is 19.0 Å². The predicted molar refractivity (Wildman–Crippen MR) is 141 cm³/mol. The molecule has 5 rings (SSSR count). The fraction of sp³-hybridized carbons (Fsp3) is 0.423. The second kappa shape index (κ2) is 11.3. The first-order valence-corrected chi connectivity index (χ1v) is 13.4. The first kappa shape index (κ1) is 25.9. The number of aromatic amines is 1. The number of nitrogens with one attached hydrogen (secondary N) is 1. The van der Waals surface area contributed by atoms with Gasteiger partial charge < -0.3 is 19.2 Å². The van der Waals surface area contributed by atoms with Gasteiger partial charge in [0.1, 0.15) is 19.8 Å². The summed E-state index contributed by atoms with van der Waals surface area (Å²) in [4.78, 5) is 31.8. The number of carbonyl (C=O) groups excluding carboxylic acids is 1. The maximum atomic E-state index is 13.2. The van der Waals surface area contributed by atoms with Crippen molar-refractivity contribution in [2.24, 2.45) is 5.92 Å². The molecule has 200 valence electrons. The van der Waals surface area contributed by atoms with Crippen molar-refractivity contribution in [2.45, 2.75) is 46.4 Å². The molecule has 38 heavy (non-hydrogen) atoms. The average Bonchev–Trinajstić information content (AvgIpc) is 3.56. The van der Waals surface area contributed by atoms with Crippen LogP contribution in [-0.2, 0) is 29.2 Å². The predicted octanol–water partition coefficient (Wildman–Crippen LogP) is 3.31. The topological polar surface area (TPSA) is 124 Å². The zero-order valence-electron chi connectivity index (χ0n) is 21.5. The summed E-state index contributed by atoms with van der Waals surface area (Å²) in [6.07, 6.45) is 0. The number of benzene rings is 1. The van der Waals surface area contributed by atoms with E-state index in [0.717, 1.165) is 10.3 Å². The number of tetrazole rings is 1. The van der Waals surface area contributed by atoms with E-state index in [0.29, 0.717) is 54.7 Å². The van der Waals surface area contributed by atoms with Gasteiger partial charge in [0.15, 0.2) is 17.3 Å². The molecule has 0 radical (unpaired) electrons. The summed E-state index contributed by atoms with van der Waals surface area (Å²) < 4.78 is 18.0. The maximum absolute atomic E-state index is 13.2. The molecule has 0 amide bonds. The lowest BCUT2D eigenvalue weighted by Gasteiger charge is -2.33. The third-order valence-electron chi connectivity index (χ3n) is 6.33. The number of hydrogen-bond donors (Lipinski definition) is 1. The number of esters is 1. The Morgan fingerprint density at radius 3 is 2.71 bits per heavy atom. The van der Waals surface area contributed by atoms with E-state index in [2.05, 4.69) is 45.3 Å². The first-order valence-electron chi connectivity index (χ1n) is 12.6. The molecule has 0 unspecified atom stereocenters. The van der Waals surface area contributed by atoms with Crippen LogP contribution in [0.3, 0.4) is 0 Å². The van der Waals surface area contributed by atoms with Crippen LogP contribution in [0.2, 0.25) is 0 Å². The number of nitrogens with zero attached hydrogens (tertiary/aromatic N) is 5. The fourth-order valence-electron chi connectivity index (χ4n) is 4.73. The molecule has 0 bridgehead atoms. The smallest absolute Gasteiger partial charge is 0.327 e. The van der Waals surface area contributed by atoms with Crippen molar-refractivity contribution in [3.8, 4) is 11.5 Å². The summed E-state index contributed by atoms with van der Waals surface area (Å²) in [5, 5.41) is 15.1. The normalized spacial score (nSPS) is 13.8. The molecule has 0 fully saturated rings.